The molecule has 0 N–H and O–H groups in total. The molecule has 1 aromatic heterocycles. The van der Waals surface area contributed by atoms with Crippen LogP contribution in [0.4, 0.5) is 0 Å². The summed E-state index contributed by atoms with van der Waals surface area (Å²) in [6, 6.07) is 0. The predicted octanol–water partition coefficient (Wildman–Crippen LogP) is 2.18. The normalized spacial score (nSPS) is 9.94. The molecule has 0 aliphatic heterocycles. The monoisotopic (exact) mass is 259 g/mol. The van der Waals surface area contributed by atoms with E-state index in [1.54, 1.807) is 13.2 Å². The summed E-state index contributed by atoms with van der Waals surface area (Å²) in [6.45, 7) is 7.31. The summed E-state index contributed by atoms with van der Waals surface area (Å²) in [4.78, 5) is 19.1. The number of nitrogens with zero attached hydrogens (tertiary/aromatic N) is 3. The Hall–Kier alpha value is -1.07. The molecule has 4 nitrogen and oxygen atoms in total. The number of carbonyl (C=O) groups excluding carboxylic acids is 1. The summed E-state index contributed by atoms with van der Waals surface area (Å²) in [7, 11) is 1.68. The van der Waals surface area contributed by atoms with Crippen LogP contribution in [-0.2, 0) is 11.3 Å². The topological polar surface area (TPSA) is 36.4 Å². The van der Waals surface area contributed by atoms with Crippen molar-refractivity contribution in [1.29, 1.82) is 0 Å². The van der Waals surface area contributed by atoms with E-state index in [0.717, 1.165) is 17.8 Å². The molecule has 88 valence electrons. The molecule has 0 spiro atoms. The smallest absolute Gasteiger partial charge is 0.214 e. The number of thiazole rings is 1. The van der Waals surface area contributed by atoms with Crippen LogP contribution in [0.25, 0.3) is 0 Å². The Balaban J connectivity index is 2.68. The van der Waals surface area contributed by atoms with Gasteiger partial charge >= 0.3 is 0 Å². The zero-order valence-corrected chi connectivity index (χ0v) is 10.9. The van der Waals surface area contributed by atoms with Crippen LogP contribution in [0.5, 0.6) is 0 Å². The number of rotatable bonds is 6. The van der Waals surface area contributed by atoms with Gasteiger partial charge in [-0.05, 0) is 6.92 Å². The number of halogens is 1. The highest BCUT2D eigenvalue weighted by Crippen LogP contribution is 2.20. The first-order chi connectivity index (χ1) is 7.58. The summed E-state index contributed by atoms with van der Waals surface area (Å²) in [5.74, 6) is 0.669. The third-order valence-electron chi connectivity index (χ3n) is 2.18. The van der Waals surface area contributed by atoms with Gasteiger partial charge in [0.25, 0.3) is 0 Å². The first-order valence-corrected chi connectivity index (χ1v) is 6.00. The molecule has 0 saturated heterocycles. The molecule has 0 saturated carbocycles. The van der Waals surface area contributed by atoms with Crippen molar-refractivity contribution in [3.8, 4) is 0 Å². The maximum Gasteiger partial charge on any atom is 0.214 e. The molecule has 0 aliphatic carbocycles. The number of amides is 1. The number of aromatic nitrogens is 1. The van der Waals surface area contributed by atoms with Crippen LogP contribution in [0.15, 0.2) is 18.6 Å². The molecule has 0 fully saturated rings. The summed E-state index contributed by atoms with van der Waals surface area (Å²) < 4.78 is 0.528. The number of hydrogen-bond acceptors (Lipinski definition) is 4. The summed E-state index contributed by atoms with van der Waals surface area (Å²) >= 11 is 7.19. The fraction of sp³-hybridized carbons (Fsp3) is 0.400. The quantitative estimate of drug-likeness (QED) is 0.735. The highest BCUT2D eigenvalue weighted by molar-refractivity contribution is 7.15. The maximum absolute atomic E-state index is 10.6. The van der Waals surface area contributed by atoms with Gasteiger partial charge in [0.15, 0.2) is 4.47 Å². The van der Waals surface area contributed by atoms with E-state index in [9.17, 15) is 4.79 Å². The molecule has 0 aromatic carbocycles. The average Bonchev–Trinajstić information content (AvgIpc) is 2.69. The van der Waals surface area contributed by atoms with Crippen molar-refractivity contribution < 1.29 is 4.79 Å². The second-order valence-electron chi connectivity index (χ2n) is 3.23. The van der Waals surface area contributed by atoms with Crippen LogP contribution in [0, 0.1) is 0 Å². The van der Waals surface area contributed by atoms with Crippen molar-refractivity contribution >= 4 is 29.3 Å². The molecule has 0 unspecified atom stereocenters. The van der Waals surface area contributed by atoms with Crippen LogP contribution >= 0.6 is 22.9 Å². The molecule has 1 aromatic rings. The van der Waals surface area contributed by atoms with Gasteiger partial charge in [0.1, 0.15) is 5.82 Å². The van der Waals surface area contributed by atoms with Gasteiger partial charge < -0.3 is 9.80 Å². The molecule has 0 radical (unpaired) electrons. The van der Waals surface area contributed by atoms with E-state index >= 15 is 0 Å². The van der Waals surface area contributed by atoms with E-state index in [1.165, 1.54) is 16.2 Å². The van der Waals surface area contributed by atoms with E-state index in [0.29, 0.717) is 16.8 Å². The van der Waals surface area contributed by atoms with Crippen molar-refractivity contribution in [3.63, 3.8) is 0 Å². The van der Waals surface area contributed by atoms with Gasteiger partial charge in [-0.25, -0.2) is 4.98 Å². The first kappa shape index (κ1) is 13.0. The van der Waals surface area contributed by atoms with Gasteiger partial charge in [-0.2, -0.15) is 0 Å². The van der Waals surface area contributed by atoms with E-state index in [1.807, 2.05) is 11.8 Å². The summed E-state index contributed by atoms with van der Waals surface area (Å²) in [6.07, 6.45) is 2.48. The van der Waals surface area contributed by atoms with Crippen LogP contribution in [-0.4, -0.2) is 34.8 Å². The van der Waals surface area contributed by atoms with Crippen molar-refractivity contribution in [2.75, 3.05) is 13.6 Å². The fourth-order valence-electron chi connectivity index (χ4n) is 1.21. The number of carbonyl (C=O) groups is 1. The lowest BCUT2D eigenvalue weighted by atomic mass is 10.4. The van der Waals surface area contributed by atoms with Crippen LogP contribution < -0.4 is 0 Å². The second-order valence-corrected chi connectivity index (χ2v) is 4.92. The van der Waals surface area contributed by atoms with Gasteiger partial charge in [-0.15, -0.1) is 11.3 Å². The molecule has 1 heterocycles. The highest BCUT2D eigenvalue weighted by Gasteiger charge is 2.11. The maximum atomic E-state index is 10.6. The third-order valence-corrected chi connectivity index (χ3v) is 3.28. The lowest BCUT2D eigenvalue weighted by Gasteiger charge is -2.28. The van der Waals surface area contributed by atoms with E-state index in [4.69, 9.17) is 11.6 Å². The lowest BCUT2D eigenvalue weighted by Crippen LogP contribution is -2.31. The zero-order chi connectivity index (χ0) is 12.1. The van der Waals surface area contributed by atoms with Gasteiger partial charge in [-0.1, -0.05) is 18.2 Å². The van der Waals surface area contributed by atoms with E-state index in [2.05, 4.69) is 11.6 Å². The van der Waals surface area contributed by atoms with Crippen molar-refractivity contribution in [2.24, 2.45) is 0 Å². The van der Waals surface area contributed by atoms with Crippen LogP contribution in [0.2, 0.25) is 4.47 Å². The molecule has 1 amide bonds. The molecule has 0 atom stereocenters. The standard InChI is InChI=1S/C10H14ClN3OS/c1-4-14(8(2)13(3)7-15)6-9-5-12-10(11)16-9/h5,7H,2,4,6H2,1,3H3. The minimum atomic E-state index is 0.528. The molecule has 0 bridgehead atoms. The molecule has 1 rings (SSSR count). The summed E-state index contributed by atoms with van der Waals surface area (Å²) in [5, 5.41) is 0. The Morgan fingerprint density at radius 1 is 1.75 bits per heavy atom. The van der Waals surface area contributed by atoms with Crippen molar-refractivity contribution in [1.82, 2.24) is 14.8 Å². The fourth-order valence-corrected chi connectivity index (χ4v) is 2.21. The highest BCUT2D eigenvalue weighted by atomic mass is 35.5. The SMILES string of the molecule is C=C(N(C)C=O)N(CC)Cc1cnc(Cl)s1. The van der Waals surface area contributed by atoms with Crippen molar-refractivity contribution in [3.05, 3.63) is 27.9 Å². The minimum absolute atomic E-state index is 0.528. The van der Waals surface area contributed by atoms with Gasteiger partial charge in [0.2, 0.25) is 6.41 Å². The number of hydrogen-bond donors (Lipinski definition) is 0. The van der Waals surface area contributed by atoms with Crippen LogP contribution in [0.1, 0.15) is 11.8 Å². The second kappa shape index (κ2) is 5.86. The average molecular weight is 260 g/mol. The largest absolute Gasteiger partial charge is 0.354 e. The molecule has 16 heavy (non-hydrogen) atoms. The molecule has 6 heteroatoms. The molecule has 0 aliphatic rings. The zero-order valence-electron chi connectivity index (χ0n) is 9.31. The van der Waals surface area contributed by atoms with E-state index in [-0.39, 0.29) is 0 Å². The lowest BCUT2D eigenvalue weighted by molar-refractivity contribution is -0.116. The van der Waals surface area contributed by atoms with E-state index < -0.39 is 0 Å². The first-order valence-electron chi connectivity index (χ1n) is 4.80. The Morgan fingerprint density at radius 3 is 2.88 bits per heavy atom. The van der Waals surface area contributed by atoms with Crippen molar-refractivity contribution in [2.45, 2.75) is 13.5 Å². The molecular formula is C10H14ClN3OS. The summed E-state index contributed by atoms with van der Waals surface area (Å²) in [5.41, 5.74) is 0. The third kappa shape index (κ3) is 3.21. The predicted molar refractivity (Wildman–Crippen MR) is 66.2 cm³/mol. The minimum Gasteiger partial charge on any atom is -0.354 e. The van der Waals surface area contributed by atoms with Gasteiger partial charge in [-0.3, -0.25) is 4.79 Å². The van der Waals surface area contributed by atoms with Gasteiger partial charge in [0.05, 0.1) is 6.54 Å². The van der Waals surface area contributed by atoms with Crippen LogP contribution in [0.3, 0.4) is 0 Å². The Bertz CT molecular complexity index is 380. The Kier molecular flexibility index (Phi) is 4.76. The Morgan fingerprint density at radius 2 is 2.44 bits per heavy atom. The Labute approximate surface area is 104 Å². The van der Waals surface area contributed by atoms with Gasteiger partial charge in [0, 0.05) is 24.7 Å². The molecular weight excluding hydrogens is 246 g/mol.